The zero-order valence-corrected chi connectivity index (χ0v) is 14.4. The third-order valence-corrected chi connectivity index (χ3v) is 3.68. The first-order chi connectivity index (χ1) is 11.8. The molecule has 0 aliphatic rings. The Bertz CT molecular complexity index is 730. The molecule has 0 radical (unpaired) electrons. The van der Waals surface area contributed by atoms with Crippen LogP contribution in [0.25, 0.3) is 0 Å². The maximum atomic E-state index is 13.0. The Hall–Kier alpha value is -2.73. The van der Waals surface area contributed by atoms with Crippen molar-refractivity contribution in [3.63, 3.8) is 0 Å². The van der Waals surface area contributed by atoms with Crippen molar-refractivity contribution in [3.8, 4) is 0 Å². The molecule has 0 bridgehead atoms. The molecule has 0 spiro atoms. The van der Waals surface area contributed by atoms with Gasteiger partial charge in [-0.05, 0) is 43.7 Å². The minimum Gasteiger partial charge on any atom is -0.367 e. The largest absolute Gasteiger partial charge is 0.367 e. The van der Waals surface area contributed by atoms with E-state index in [1.165, 1.54) is 31.4 Å². The molecule has 1 unspecified atom stereocenters. The molecule has 132 valence electrons. The average molecular weight is 344 g/mol. The van der Waals surface area contributed by atoms with Crippen LogP contribution in [0.15, 0.2) is 54.6 Å². The standard InChI is InChI=1S/C19H21FN2O3/c1-19(2,18(24)21-15-7-5-4-6-8-15)22-17(23)16(25-3)13-9-11-14(20)12-10-13/h4-12,16H,1-3H3,(H,21,24)(H,22,23). The Labute approximate surface area is 146 Å². The van der Waals surface area contributed by atoms with Crippen molar-refractivity contribution in [2.45, 2.75) is 25.5 Å². The van der Waals surface area contributed by atoms with Crippen LogP contribution < -0.4 is 10.6 Å². The topological polar surface area (TPSA) is 67.4 Å². The molecule has 5 nitrogen and oxygen atoms in total. The van der Waals surface area contributed by atoms with Gasteiger partial charge >= 0.3 is 0 Å². The molecular formula is C19H21FN2O3. The number of nitrogens with one attached hydrogen (secondary N) is 2. The molecule has 0 fully saturated rings. The SMILES string of the molecule is COC(C(=O)NC(C)(C)C(=O)Nc1ccccc1)c1ccc(F)cc1. The molecule has 25 heavy (non-hydrogen) atoms. The van der Waals surface area contributed by atoms with Gasteiger partial charge in [-0.25, -0.2) is 4.39 Å². The highest BCUT2D eigenvalue weighted by atomic mass is 19.1. The number of para-hydroxylation sites is 1. The van der Waals surface area contributed by atoms with E-state index in [4.69, 9.17) is 4.74 Å². The fourth-order valence-corrected chi connectivity index (χ4v) is 2.27. The fourth-order valence-electron chi connectivity index (χ4n) is 2.27. The van der Waals surface area contributed by atoms with Crippen molar-refractivity contribution >= 4 is 17.5 Å². The smallest absolute Gasteiger partial charge is 0.254 e. The lowest BCUT2D eigenvalue weighted by molar-refractivity contribution is -0.136. The van der Waals surface area contributed by atoms with Crippen molar-refractivity contribution in [2.24, 2.45) is 0 Å². The summed E-state index contributed by atoms with van der Waals surface area (Å²) in [6.45, 7) is 3.20. The number of benzene rings is 2. The zero-order chi connectivity index (χ0) is 18.4. The predicted octanol–water partition coefficient (Wildman–Crippen LogP) is 3.05. The number of anilines is 1. The summed E-state index contributed by atoms with van der Waals surface area (Å²) >= 11 is 0. The van der Waals surface area contributed by atoms with E-state index in [-0.39, 0.29) is 5.91 Å². The highest BCUT2D eigenvalue weighted by molar-refractivity contribution is 6.00. The second kappa shape index (κ2) is 7.90. The molecule has 2 N–H and O–H groups in total. The number of rotatable bonds is 6. The van der Waals surface area contributed by atoms with E-state index in [1.54, 1.807) is 38.1 Å². The molecule has 2 aromatic rings. The van der Waals surface area contributed by atoms with Crippen molar-refractivity contribution in [3.05, 3.63) is 66.0 Å². The summed E-state index contributed by atoms with van der Waals surface area (Å²) in [6, 6.07) is 14.4. The lowest BCUT2D eigenvalue weighted by Crippen LogP contribution is -2.53. The Kier molecular flexibility index (Phi) is 5.88. The molecule has 2 amide bonds. The lowest BCUT2D eigenvalue weighted by Gasteiger charge is -2.27. The number of methoxy groups -OCH3 is 1. The van der Waals surface area contributed by atoms with Gasteiger partial charge in [0.15, 0.2) is 6.10 Å². The molecule has 0 aliphatic carbocycles. The Morgan fingerprint density at radius 2 is 1.64 bits per heavy atom. The van der Waals surface area contributed by atoms with Crippen LogP contribution in [-0.4, -0.2) is 24.5 Å². The first kappa shape index (κ1) is 18.6. The predicted molar refractivity (Wildman–Crippen MR) is 93.4 cm³/mol. The Morgan fingerprint density at radius 1 is 1.04 bits per heavy atom. The van der Waals surface area contributed by atoms with Gasteiger partial charge in [0.05, 0.1) is 0 Å². The van der Waals surface area contributed by atoms with Crippen molar-refractivity contribution < 1.29 is 18.7 Å². The van der Waals surface area contributed by atoms with Crippen LogP contribution in [0.4, 0.5) is 10.1 Å². The number of hydrogen-bond donors (Lipinski definition) is 2. The lowest BCUT2D eigenvalue weighted by atomic mass is 10.0. The van der Waals surface area contributed by atoms with Crippen LogP contribution in [0.3, 0.4) is 0 Å². The molecule has 1 atom stereocenters. The molecule has 0 saturated heterocycles. The van der Waals surface area contributed by atoms with Gasteiger partial charge in [0.2, 0.25) is 5.91 Å². The molecule has 0 heterocycles. The monoisotopic (exact) mass is 344 g/mol. The third-order valence-electron chi connectivity index (χ3n) is 3.68. The van der Waals surface area contributed by atoms with Crippen LogP contribution in [0.1, 0.15) is 25.5 Å². The van der Waals surface area contributed by atoms with Crippen LogP contribution >= 0.6 is 0 Å². The maximum Gasteiger partial charge on any atom is 0.254 e. The normalized spacial score (nSPS) is 12.3. The number of carbonyl (C=O) groups excluding carboxylic acids is 2. The summed E-state index contributed by atoms with van der Waals surface area (Å²) in [4.78, 5) is 25.0. The first-order valence-corrected chi connectivity index (χ1v) is 7.80. The average Bonchev–Trinajstić information content (AvgIpc) is 2.57. The van der Waals surface area contributed by atoms with E-state index < -0.39 is 23.4 Å². The summed E-state index contributed by atoms with van der Waals surface area (Å²) in [5, 5.41) is 5.42. The van der Waals surface area contributed by atoms with Gasteiger partial charge in [0.25, 0.3) is 5.91 Å². The highest BCUT2D eigenvalue weighted by Gasteiger charge is 2.32. The van der Waals surface area contributed by atoms with E-state index in [9.17, 15) is 14.0 Å². The number of ether oxygens (including phenoxy) is 1. The molecular weight excluding hydrogens is 323 g/mol. The summed E-state index contributed by atoms with van der Waals surface area (Å²) < 4.78 is 18.3. The molecule has 0 saturated carbocycles. The minimum atomic E-state index is -1.16. The second-order valence-electron chi connectivity index (χ2n) is 6.10. The molecule has 0 aromatic heterocycles. The van der Waals surface area contributed by atoms with E-state index >= 15 is 0 Å². The van der Waals surface area contributed by atoms with Gasteiger partial charge in [-0.1, -0.05) is 30.3 Å². The Balaban J connectivity index is 2.08. The number of halogens is 1. The van der Waals surface area contributed by atoms with E-state index in [1.807, 2.05) is 6.07 Å². The minimum absolute atomic E-state index is 0.360. The van der Waals surface area contributed by atoms with Crippen LogP contribution in [0, 0.1) is 5.82 Å². The summed E-state index contributed by atoms with van der Waals surface area (Å²) in [5.74, 6) is -1.25. The van der Waals surface area contributed by atoms with E-state index in [0.29, 0.717) is 11.3 Å². The van der Waals surface area contributed by atoms with Crippen molar-refractivity contribution in [2.75, 3.05) is 12.4 Å². The van der Waals surface area contributed by atoms with E-state index in [2.05, 4.69) is 10.6 Å². The van der Waals surface area contributed by atoms with Crippen molar-refractivity contribution in [1.29, 1.82) is 0 Å². The molecule has 2 rings (SSSR count). The van der Waals surface area contributed by atoms with Gasteiger partial charge in [-0.3, -0.25) is 9.59 Å². The number of carbonyl (C=O) groups is 2. The molecule has 0 aliphatic heterocycles. The van der Waals surface area contributed by atoms with Crippen LogP contribution in [-0.2, 0) is 14.3 Å². The van der Waals surface area contributed by atoms with Crippen molar-refractivity contribution in [1.82, 2.24) is 5.32 Å². The quantitative estimate of drug-likeness (QED) is 0.846. The first-order valence-electron chi connectivity index (χ1n) is 7.80. The van der Waals surface area contributed by atoms with Crippen LogP contribution in [0.5, 0.6) is 0 Å². The van der Waals surface area contributed by atoms with Crippen LogP contribution in [0.2, 0.25) is 0 Å². The fraction of sp³-hybridized carbons (Fsp3) is 0.263. The highest BCUT2D eigenvalue weighted by Crippen LogP contribution is 2.19. The Morgan fingerprint density at radius 3 is 2.20 bits per heavy atom. The zero-order valence-electron chi connectivity index (χ0n) is 14.4. The number of amides is 2. The molecule has 6 heteroatoms. The second-order valence-corrected chi connectivity index (χ2v) is 6.10. The van der Waals surface area contributed by atoms with E-state index in [0.717, 1.165) is 0 Å². The van der Waals surface area contributed by atoms with Gasteiger partial charge in [-0.2, -0.15) is 0 Å². The van der Waals surface area contributed by atoms with Gasteiger partial charge in [0.1, 0.15) is 11.4 Å². The van der Waals surface area contributed by atoms with Gasteiger partial charge < -0.3 is 15.4 Å². The summed E-state index contributed by atoms with van der Waals surface area (Å²) in [7, 11) is 1.38. The maximum absolute atomic E-state index is 13.0. The molecule has 2 aromatic carbocycles. The third kappa shape index (κ3) is 4.87. The van der Waals surface area contributed by atoms with Gasteiger partial charge in [0, 0.05) is 12.8 Å². The summed E-state index contributed by atoms with van der Waals surface area (Å²) in [5.41, 5.74) is -0.0266. The number of hydrogen-bond acceptors (Lipinski definition) is 3. The summed E-state index contributed by atoms with van der Waals surface area (Å²) in [6.07, 6.45) is -0.940. The van der Waals surface area contributed by atoms with Gasteiger partial charge in [-0.15, -0.1) is 0 Å².